The van der Waals surface area contributed by atoms with Crippen molar-refractivity contribution in [3.63, 3.8) is 0 Å². The summed E-state index contributed by atoms with van der Waals surface area (Å²) in [6.07, 6.45) is 5.23. The van der Waals surface area contributed by atoms with Gasteiger partial charge in [0.05, 0.1) is 0 Å². The Hall–Kier alpha value is -1.26. The molecular weight excluding hydrogens is 220 g/mol. The predicted octanol–water partition coefficient (Wildman–Crippen LogP) is 1.82. The zero-order valence-electron chi connectivity index (χ0n) is 10.6. The molecule has 0 radical (unpaired) electrons. The number of carboxylic acids is 1. The smallest absolute Gasteiger partial charge is 0.325 e. The summed E-state index contributed by atoms with van der Waals surface area (Å²) in [6.45, 7) is 4.33. The fraction of sp³-hybridized carbons (Fsp3) is 0.833. The molecule has 0 aromatic rings. The van der Waals surface area contributed by atoms with Gasteiger partial charge in [0.25, 0.3) is 0 Å². The van der Waals surface area contributed by atoms with Crippen LogP contribution in [0.1, 0.15) is 46.0 Å². The summed E-state index contributed by atoms with van der Waals surface area (Å²) >= 11 is 0. The van der Waals surface area contributed by atoms with Crippen molar-refractivity contribution >= 4 is 12.0 Å². The van der Waals surface area contributed by atoms with E-state index in [1.807, 2.05) is 0 Å². The lowest BCUT2D eigenvalue weighted by atomic mass is 9.99. The summed E-state index contributed by atoms with van der Waals surface area (Å²) in [7, 11) is 0. The Balaban J connectivity index is 2.55. The highest BCUT2D eigenvalue weighted by molar-refractivity contribution is 5.82. The minimum absolute atomic E-state index is 0.238. The molecule has 1 heterocycles. The van der Waals surface area contributed by atoms with Crippen molar-refractivity contribution in [2.45, 2.75) is 58.0 Å². The molecule has 2 amide bonds. The average Bonchev–Trinajstić information content (AvgIpc) is 2.29. The summed E-state index contributed by atoms with van der Waals surface area (Å²) in [6, 6.07) is -0.792. The summed E-state index contributed by atoms with van der Waals surface area (Å²) in [5.74, 6) is -0.998. The van der Waals surface area contributed by atoms with E-state index < -0.39 is 12.0 Å². The molecule has 0 spiro atoms. The van der Waals surface area contributed by atoms with Gasteiger partial charge in [-0.2, -0.15) is 0 Å². The van der Waals surface area contributed by atoms with E-state index >= 15 is 0 Å². The topological polar surface area (TPSA) is 69.6 Å². The Morgan fingerprint density at radius 2 is 2.18 bits per heavy atom. The lowest BCUT2D eigenvalue weighted by Gasteiger charge is -2.36. The zero-order valence-corrected chi connectivity index (χ0v) is 10.6. The van der Waals surface area contributed by atoms with E-state index in [0.29, 0.717) is 0 Å². The highest BCUT2D eigenvalue weighted by Gasteiger charge is 2.27. The molecule has 1 aliphatic rings. The predicted molar refractivity (Wildman–Crippen MR) is 64.9 cm³/mol. The molecule has 2 N–H and O–H groups in total. The van der Waals surface area contributed by atoms with Gasteiger partial charge in [-0.3, -0.25) is 4.79 Å². The molecule has 0 aliphatic carbocycles. The molecular formula is C12H22N2O3. The van der Waals surface area contributed by atoms with Crippen LogP contribution in [0.3, 0.4) is 0 Å². The largest absolute Gasteiger partial charge is 0.480 e. The highest BCUT2D eigenvalue weighted by atomic mass is 16.4. The molecule has 0 bridgehead atoms. The number of nitrogens with one attached hydrogen (secondary N) is 1. The fourth-order valence-electron chi connectivity index (χ4n) is 2.23. The molecule has 1 aliphatic heterocycles. The molecule has 1 saturated heterocycles. The molecule has 0 saturated carbocycles. The van der Waals surface area contributed by atoms with Gasteiger partial charge in [0.1, 0.15) is 6.04 Å². The van der Waals surface area contributed by atoms with E-state index in [1.165, 1.54) is 6.92 Å². The van der Waals surface area contributed by atoms with Crippen LogP contribution >= 0.6 is 0 Å². The van der Waals surface area contributed by atoms with Gasteiger partial charge in [0, 0.05) is 12.6 Å². The molecule has 1 rings (SSSR count). The summed E-state index contributed by atoms with van der Waals surface area (Å²) < 4.78 is 0. The second-order valence-electron chi connectivity index (χ2n) is 4.64. The Morgan fingerprint density at radius 3 is 2.76 bits per heavy atom. The third-order valence-corrected chi connectivity index (χ3v) is 3.22. The molecule has 0 aromatic heterocycles. The maximum absolute atomic E-state index is 11.9. The zero-order chi connectivity index (χ0) is 12.8. The van der Waals surface area contributed by atoms with Crippen LogP contribution in [0.25, 0.3) is 0 Å². The van der Waals surface area contributed by atoms with E-state index in [4.69, 9.17) is 5.11 Å². The van der Waals surface area contributed by atoms with Crippen LogP contribution in [0.5, 0.6) is 0 Å². The molecule has 2 atom stereocenters. The number of amides is 2. The van der Waals surface area contributed by atoms with Gasteiger partial charge in [0.15, 0.2) is 0 Å². The fourth-order valence-corrected chi connectivity index (χ4v) is 2.23. The van der Waals surface area contributed by atoms with E-state index in [9.17, 15) is 9.59 Å². The standard InChI is InChI=1S/C12H22N2O3/c1-3-6-10-7-4-5-8-14(10)12(17)13-9(2)11(15)16/h9-10H,3-8H2,1-2H3,(H,13,17)(H,15,16). The van der Waals surface area contributed by atoms with Crippen molar-refractivity contribution in [1.29, 1.82) is 0 Å². The SMILES string of the molecule is CCCC1CCCCN1C(=O)NC(C)C(=O)O. The number of carbonyl (C=O) groups excluding carboxylic acids is 1. The first-order valence-corrected chi connectivity index (χ1v) is 6.36. The first-order chi connectivity index (χ1) is 8.06. The number of rotatable bonds is 4. The van der Waals surface area contributed by atoms with E-state index in [-0.39, 0.29) is 12.1 Å². The van der Waals surface area contributed by atoms with Crippen molar-refractivity contribution in [2.24, 2.45) is 0 Å². The minimum Gasteiger partial charge on any atom is -0.480 e. The summed E-state index contributed by atoms with van der Waals surface area (Å²) in [5.41, 5.74) is 0. The Morgan fingerprint density at radius 1 is 1.47 bits per heavy atom. The Kier molecular flexibility index (Phi) is 5.25. The molecule has 5 heteroatoms. The number of carbonyl (C=O) groups is 2. The van der Waals surface area contributed by atoms with Gasteiger partial charge in [-0.1, -0.05) is 13.3 Å². The van der Waals surface area contributed by atoms with Gasteiger partial charge in [0.2, 0.25) is 0 Å². The number of nitrogens with zero attached hydrogens (tertiary/aromatic N) is 1. The number of likely N-dealkylation sites (tertiary alicyclic amines) is 1. The third-order valence-electron chi connectivity index (χ3n) is 3.22. The summed E-state index contributed by atoms with van der Waals surface area (Å²) in [5, 5.41) is 11.3. The summed E-state index contributed by atoms with van der Waals surface area (Å²) in [4.78, 5) is 24.4. The van der Waals surface area contributed by atoms with Crippen LogP contribution in [-0.2, 0) is 4.79 Å². The number of urea groups is 1. The lowest BCUT2D eigenvalue weighted by Crippen LogP contribution is -2.52. The number of piperidine rings is 1. The van der Waals surface area contributed by atoms with Crippen LogP contribution in [0.4, 0.5) is 4.79 Å². The monoisotopic (exact) mass is 242 g/mol. The van der Waals surface area contributed by atoms with E-state index in [0.717, 1.165) is 38.6 Å². The van der Waals surface area contributed by atoms with Crippen LogP contribution < -0.4 is 5.32 Å². The van der Waals surface area contributed by atoms with Gasteiger partial charge in [-0.25, -0.2) is 4.79 Å². The third kappa shape index (κ3) is 3.91. The molecule has 98 valence electrons. The van der Waals surface area contributed by atoms with Gasteiger partial charge in [-0.05, 0) is 32.6 Å². The second kappa shape index (κ2) is 6.47. The molecule has 17 heavy (non-hydrogen) atoms. The maximum atomic E-state index is 11.9. The number of hydrogen-bond donors (Lipinski definition) is 2. The van der Waals surface area contributed by atoms with Crippen LogP contribution in [0.15, 0.2) is 0 Å². The van der Waals surface area contributed by atoms with Crippen molar-refractivity contribution in [2.75, 3.05) is 6.54 Å². The van der Waals surface area contributed by atoms with Crippen molar-refractivity contribution in [3.05, 3.63) is 0 Å². The van der Waals surface area contributed by atoms with Crippen molar-refractivity contribution < 1.29 is 14.7 Å². The maximum Gasteiger partial charge on any atom is 0.325 e. The van der Waals surface area contributed by atoms with Crippen LogP contribution in [0.2, 0.25) is 0 Å². The van der Waals surface area contributed by atoms with Gasteiger partial charge in [-0.15, -0.1) is 0 Å². The first kappa shape index (κ1) is 13.8. The Bertz CT molecular complexity index is 279. The number of hydrogen-bond acceptors (Lipinski definition) is 2. The first-order valence-electron chi connectivity index (χ1n) is 6.36. The van der Waals surface area contributed by atoms with Crippen molar-refractivity contribution in [3.8, 4) is 0 Å². The molecule has 5 nitrogen and oxygen atoms in total. The van der Waals surface area contributed by atoms with Gasteiger partial charge >= 0.3 is 12.0 Å². The molecule has 0 aromatic carbocycles. The molecule has 1 fully saturated rings. The average molecular weight is 242 g/mol. The number of aliphatic carboxylic acids is 1. The second-order valence-corrected chi connectivity index (χ2v) is 4.64. The van der Waals surface area contributed by atoms with Crippen molar-refractivity contribution in [1.82, 2.24) is 10.2 Å². The van der Waals surface area contributed by atoms with E-state index in [1.54, 1.807) is 4.90 Å². The van der Waals surface area contributed by atoms with Crippen LogP contribution in [0, 0.1) is 0 Å². The highest BCUT2D eigenvalue weighted by Crippen LogP contribution is 2.20. The number of carboxylic acid groups (broad SMARTS) is 1. The van der Waals surface area contributed by atoms with Gasteiger partial charge < -0.3 is 15.3 Å². The molecule has 2 unspecified atom stereocenters. The normalized spacial score (nSPS) is 22.0. The quantitative estimate of drug-likeness (QED) is 0.790. The Labute approximate surface area is 102 Å². The lowest BCUT2D eigenvalue weighted by molar-refractivity contribution is -0.138. The van der Waals surface area contributed by atoms with E-state index in [2.05, 4.69) is 12.2 Å². The van der Waals surface area contributed by atoms with Crippen LogP contribution in [-0.4, -0.2) is 40.6 Å². The minimum atomic E-state index is -0.998.